The van der Waals surface area contributed by atoms with Gasteiger partial charge in [0.25, 0.3) is 0 Å². The van der Waals surface area contributed by atoms with Crippen LogP contribution in [0.4, 0.5) is 0 Å². The highest BCUT2D eigenvalue weighted by Crippen LogP contribution is 2.28. The number of thiazole rings is 1. The fraction of sp³-hybridized carbons (Fsp3) is 0.688. The summed E-state index contributed by atoms with van der Waals surface area (Å²) in [5, 5.41) is 5.69. The summed E-state index contributed by atoms with van der Waals surface area (Å²) in [6.07, 6.45) is 5.30. The van der Waals surface area contributed by atoms with E-state index in [-0.39, 0.29) is 0 Å². The largest absolute Gasteiger partial charge is 0.316 e. The number of nitrogens with one attached hydrogen (secondary N) is 1. The third-order valence-electron chi connectivity index (χ3n) is 3.77. The Labute approximate surface area is 126 Å². The zero-order valence-electron chi connectivity index (χ0n) is 13.3. The smallest absolute Gasteiger partial charge is 0.193 e. The summed E-state index contributed by atoms with van der Waals surface area (Å²) in [7, 11) is 0. The topological polar surface area (TPSA) is 29.3 Å². The van der Waals surface area contributed by atoms with Crippen molar-refractivity contribution >= 4 is 16.3 Å². The van der Waals surface area contributed by atoms with Crippen LogP contribution in [0.25, 0.3) is 4.96 Å². The van der Waals surface area contributed by atoms with Gasteiger partial charge in [0, 0.05) is 17.8 Å². The Morgan fingerprint density at radius 3 is 2.65 bits per heavy atom. The second-order valence-corrected chi connectivity index (χ2v) is 8.02. The first-order valence-electron chi connectivity index (χ1n) is 7.48. The van der Waals surface area contributed by atoms with Crippen LogP contribution in [0.15, 0.2) is 17.8 Å². The molecule has 1 unspecified atom stereocenters. The minimum atomic E-state index is 0.293. The van der Waals surface area contributed by atoms with Crippen LogP contribution in [0.3, 0.4) is 0 Å². The van der Waals surface area contributed by atoms with Crippen molar-refractivity contribution in [1.82, 2.24) is 14.7 Å². The predicted molar refractivity (Wildman–Crippen MR) is 87.4 cm³/mol. The van der Waals surface area contributed by atoms with Gasteiger partial charge in [0.15, 0.2) is 4.96 Å². The van der Waals surface area contributed by atoms with Crippen molar-refractivity contribution in [2.75, 3.05) is 13.1 Å². The van der Waals surface area contributed by atoms with E-state index in [0.29, 0.717) is 17.3 Å². The van der Waals surface area contributed by atoms with E-state index in [1.807, 2.05) is 0 Å². The Bertz CT molecular complexity index is 505. The monoisotopic (exact) mass is 293 g/mol. The molecule has 1 atom stereocenters. The van der Waals surface area contributed by atoms with Crippen molar-refractivity contribution < 1.29 is 0 Å². The maximum atomic E-state index is 4.72. The lowest BCUT2D eigenvalue weighted by atomic mass is 9.78. The Kier molecular flexibility index (Phi) is 4.86. The van der Waals surface area contributed by atoms with Gasteiger partial charge in [-0.1, -0.05) is 34.6 Å². The highest BCUT2D eigenvalue weighted by atomic mass is 32.1. The molecule has 112 valence electrons. The Morgan fingerprint density at radius 1 is 1.30 bits per heavy atom. The summed E-state index contributed by atoms with van der Waals surface area (Å²) in [6, 6.07) is 0. The summed E-state index contributed by atoms with van der Waals surface area (Å²) in [4.78, 5) is 5.82. The molecule has 1 N–H and O–H groups in total. The normalized spacial score (nSPS) is 14.3. The molecule has 0 spiro atoms. The number of hydrogen-bond donors (Lipinski definition) is 1. The van der Waals surface area contributed by atoms with E-state index in [1.165, 1.54) is 5.69 Å². The zero-order valence-corrected chi connectivity index (χ0v) is 14.1. The van der Waals surface area contributed by atoms with Crippen LogP contribution >= 0.6 is 11.3 Å². The summed E-state index contributed by atoms with van der Waals surface area (Å²) in [5.41, 5.74) is 1.50. The van der Waals surface area contributed by atoms with Crippen LogP contribution in [0, 0.1) is 17.3 Å². The van der Waals surface area contributed by atoms with Crippen LogP contribution < -0.4 is 5.32 Å². The third-order valence-corrected chi connectivity index (χ3v) is 4.54. The average Bonchev–Trinajstić information content (AvgIpc) is 2.86. The van der Waals surface area contributed by atoms with Crippen molar-refractivity contribution in [1.29, 1.82) is 0 Å². The molecule has 2 rings (SSSR count). The van der Waals surface area contributed by atoms with Gasteiger partial charge >= 0.3 is 0 Å². The van der Waals surface area contributed by atoms with Gasteiger partial charge in [0.1, 0.15) is 0 Å². The highest BCUT2D eigenvalue weighted by Gasteiger charge is 2.25. The van der Waals surface area contributed by atoms with Crippen LogP contribution in [0.5, 0.6) is 0 Å². The summed E-state index contributed by atoms with van der Waals surface area (Å²) >= 11 is 1.70. The fourth-order valence-corrected chi connectivity index (χ4v) is 3.08. The summed E-state index contributed by atoms with van der Waals surface area (Å²) < 4.78 is 2.13. The van der Waals surface area contributed by atoms with Crippen LogP contribution in [-0.4, -0.2) is 22.5 Å². The molecule has 0 aliphatic rings. The van der Waals surface area contributed by atoms with Crippen LogP contribution in [-0.2, 0) is 6.42 Å². The Balaban J connectivity index is 2.01. The maximum absolute atomic E-state index is 4.72. The van der Waals surface area contributed by atoms with E-state index >= 15 is 0 Å². The van der Waals surface area contributed by atoms with Crippen molar-refractivity contribution in [3.8, 4) is 0 Å². The molecule has 0 amide bonds. The van der Waals surface area contributed by atoms with E-state index in [9.17, 15) is 0 Å². The van der Waals surface area contributed by atoms with Gasteiger partial charge in [-0.2, -0.15) is 0 Å². The van der Waals surface area contributed by atoms with Gasteiger partial charge in [-0.15, -0.1) is 11.3 Å². The molecule has 0 saturated carbocycles. The maximum Gasteiger partial charge on any atom is 0.193 e. The van der Waals surface area contributed by atoms with Crippen molar-refractivity contribution in [3.05, 3.63) is 23.5 Å². The predicted octanol–water partition coefficient (Wildman–Crippen LogP) is 3.85. The lowest BCUT2D eigenvalue weighted by Gasteiger charge is -2.31. The first kappa shape index (κ1) is 15.5. The van der Waals surface area contributed by atoms with E-state index < -0.39 is 0 Å². The molecular weight excluding hydrogens is 266 g/mol. The number of hydrogen-bond acceptors (Lipinski definition) is 3. The van der Waals surface area contributed by atoms with Gasteiger partial charge in [0.2, 0.25) is 0 Å². The van der Waals surface area contributed by atoms with Crippen molar-refractivity contribution in [2.45, 2.75) is 41.0 Å². The van der Waals surface area contributed by atoms with Crippen LogP contribution in [0.2, 0.25) is 0 Å². The van der Waals surface area contributed by atoms with Gasteiger partial charge in [-0.3, -0.25) is 4.40 Å². The Hall–Kier alpha value is -0.870. The number of rotatable bonds is 6. The molecule has 0 fully saturated rings. The number of aromatic nitrogens is 2. The van der Waals surface area contributed by atoms with Crippen molar-refractivity contribution in [2.24, 2.45) is 17.3 Å². The summed E-state index contributed by atoms with van der Waals surface area (Å²) in [6.45, 7) is 13.6. The minimum absolute atomic E-state index is 0.293. The molecule has 0 bridgehead atoms. The van der Waals surface area contributed by atoms with Gasteiger partial charge in [-0.25, -0.2) is 4.98 Å². The zero-order chi connectivity index (χ0) is 14.8. The van der Waals surface area contributed by atoms with Gasteiger partial charge in [-0.05, 0) is 36.8 Å². The van der Waals surface area contributed by atoms with Crippen LogP contribution in [0.1, 0.15) is 40.3 Å². The van der Waals surface area contributed by atoms with Crippen molar-refractivity contribution in [3.63, 3.8) is 0 Å². The number of nitrogens with zero attached hydrogens (tertiary/aromatic N) is 2. The Morgan fingerprint density at radius 2 is 2.05 bits per heavy atom. The SMILES string of the molecule is CC(C)CNCC(Cc1cn2ccsc2n1)C(C)(C)C. The van der Waals surface area contributed by atoms with Gasteiger partial charge < -0.3 is 5.32 Å². The molecule has 2 aromatic rings. The minimum Gasteiger partial charge on any atom is -0.316 e. The standard InChI is InChI=1S/C16H27N3S/c1-12(2)9-17-10-13(16(3,4)5)8-14-11-19-6-7-20-15(19)18-14/h6-7,11-13,17H,8-10H2,1-5H3. The first-order valence-corrected chi connectivity index (χ1v) is 8.36. The molecule has 0 aliphatic carbocycles. The van der Waals surface area contributed by atoms with E-state index in [1.54, 1.807) is 11.3 Å². The fourth-order valence-electron chi connectivity index (χ4n) is 2.36. The summed E-state index contributed by atoms with van der Waals surface area (Å²) in [5.74, 6) is 1.31. The molecule has 20 heavy (non-hydrogen) atoms. The molecule has 0 saturated heterocycles. The molecule has 0 aromatic carbocycles. The molecule has 0 radical (unpaired) electrons. The second-order valence-electron chi connectivity index (χ2n) is 7.14. The third kappa shape index (κ3) is 4.06. The highest BCUT2D eigenvalue weighted by molar-refractivity contribution is 7.15. The molecular formula is C16H27N3S. The molecule has 2 aromatic heterocycles. The quantitative estimate of drug-likeness (QED) is 0.876. The number of imidazole rings is 1. The lowest BCUT2D eigenvalue weighted by molar-refractivity contribution is 0.227. The van der Waals surface area contributed by atoms with E-state index in [4.69, 9.17) is 4.98 Å². The second kappa shape index (κ2) is 6.27. The first-order chi connectivity index (χ1) is 9.36. The van der Waals surface area contributed by atoms with Gasteiger partial charge in [0.05, 0.1) is 5.69 Å². The average molecular weight is 293 g/mol. The van der Waals surface area contributed by atoms with E-state index in [0.717, 1.165) is 24.5 Å². The number of fused-ring (bicyclic) bond motifs is 1. The molecule has 0 aliphatic heterocycles. The van der Waals surface area contributed by atoms with E-state index in [2.05, 4.69) is 62.1 Å². The molecule has 3 nitrogen and oxygen atoms in total. The lowest BCUT2D eigenvalue weighted by Crippen LogP contribution is -2.35. The molecule has 4 heteroatoms. The molecule has 2 heterocycles.